The van der Waals surface area contributed by atoms with E-state index >= 15 is 0 Å². The smallest absolute Gasteiger partial charge is 0.220 e. The molecule has 5 nitrogen and oxygen atoms in total. The van der Waals surface area contributed by atoms with Gasteiger partial charge in [-0.2, -0.15) is 0 Å². The molecule has 2 heterocycles. The van der Waals surface area contributed by atoms with Crippen molar-refractivity contribution in [2.45, 2.75) is 93.2 Å². The first-order valence-corrected chi connectivity index (χ1v) is 13.1. The second-order valence-electron chi connectivity index (χ2n) is 9.82. The number of unbranched alkanes of at least 4 members (excludes halogenated alkanes) is 1. The lowest BCUT2D eigenvalue weighted by atomic mass is 9.78. The molecular weight excluding hydrogens is 421 g/mol. The molecule has 0 aromatic rings. The summed E-state index contributed by atoms with van der Waals surface area (Å²) >= 11 is 13.0. The molecule has 6 atom stereocenters. The summed E-state index contributed by atoms with van der Waals surface area (Å²) in [6.45, 7) is 6.52. The van der Waals surface area contributed by atoms with Crippen molar-refractivity contribution in [1.82, 2.24) is 15.1 Å². The molecule has 0 spiro atoms. The third-order valence-electron chi connectivity index (χ3n) is 7.82. The minimum atomic E-state index is 0.0983. The Labute approximate surface area is 192 Å². The second kappa shape index (κ2) is 11.2. The monoisotopic (exact) mass is 459 g/mol. The maximum absolute atomic E-state index is 11.6. The van der Waals surface area contributed by atoms with Crippen molar-refractivity contribution in [3.8, 4) is 0 Å². The molecule has 1 amide bonds. The van der Waals surface area contributed by atoms with Gasteiger partial charge in [0.15, 0.2) is 0 Å². The van der Waals surface area contributed by atoms with E-state index in [1.165, 1.54) is 25.7 Å². The molecule has 0 bridgehead atoms. The molecule has 2 saturated carbocycles. The van der Waals surface area contributed by atoms with Crippen LogP contribution in [0.1, 0.15) is 64.2 Å². The van der Waals surface area contributed by atoms with Gasteiger partial charge in [-0.15, -0.1) is 23.2 Å². The Kier molecular flexibility index (Phi) is 8.61. The summed E-state index contributed by atoms with van der Waals surface area (Å²) in [5.41, 5.74) is 0. The zero-order valence-electron chi connectivity index (χ0n) is 18.2. The van der Waals surface area contributed by atoms with Crippen molar-refractivity contribution in [3.63, 3.8) is 0 Å². The number of fused-ring (bicyclic) bond motifs is 1. The number of carbonyl (C=O) groups is 1. The van der Waals surface area contributed by atoms with E-state index in [0.29, 0.717) is 30.5 Å². The van der Waals surface area contributed by atoms with Gasteiger partial charge in [-0.25, -0.2) is 0 Å². The van der Waals surface area contributed by atoms with Gasteiger partial charge < -0.3 is 15.0 Å². The number of carbonyl (C=O) groups excluding carboxylic acids is 1. The fraction of sp³-hybridized carbons (Fsp3) is 0.957. The Balaban J connectivity index is 1.06. The predicted octanol–water partition coefficient (Wildman–Crippen LogP) is 3.62. The molecule has 6 unspecified atom stereocenters. The summed E-state index contributed by atoms with van der Waals surface area (Å²) in [5, 5.41) is 3.41. The van der Waals surface area contributed by atoms with Crippen LogP contribution in [-0.4, -0.2) is 84.0 Å². The minimum Gasteiger partial charge on any atom is -0.378 e. The van der Waals surface area contributed by atoms with Crippen LogP contribution in [0.25, 0.3) is 0 Å². The van der Waals surface area contributed by atoms with Gasteiger partial charge in [-0.1, -0.05) is 6.42 Å². The van der Waals surface area contributed by atoms with Crippen LogP contribution >= 0.6 is 23.2 Å². The standard InChI is InChI=1S/C23H39Cl2N3O2/c24-19-4-3-5-21(23(19)25)28-13-11-27(12-14-28)10-1-2-15-30-18-8-6-17-7-9-22(29)26-20(17)16-18/h17-21,23H,1-16H2,(H,26,29). The van der Waals surface area contributed by atoms with Gasteiger partial charge in [-0.05, 0) is 63.8 Å². The quantitative estimate of drug-likeness (QED) is 0.466. The molecule has 4 aliphatic rings. The van der Waals surface area contributed by atoms with Crippen molar-refractivity contribution in [3.05, 3.63) is 0 Å². The van der Waals surface area contributed by atoms with Crippen LogP contribution in [0, 0.1) is 5.92 Å². The highest BCUT2D eigenvalue weighted by molar-refractivity contribution is 6.30. The highest BCUT2D eigenvalue weighted by Crippen LogP contribution is 2.33. The summed E-state index contributed by atoms with van der Waals surface area (Å²) in [4.78, 5) is 16.8. The Morgan fingerprint density at radius 3 is 2.67 bits per heavy atom. The summed E-state index contributed by atoms with van der Waals surface area (Å²) in [7, 11) is 0. The Morgan fingerprint density at radius 2 is 1.83 bits per heavy atom. The molecule has 0 aromatic heterocycles. The van der Waals surface area contributed by atoms with E-state index in [1.54, 1.807) is 0 Å². The van der Waals surface area contributed by atoms with Gasteiger partial charge in [0.1, 0.15) is 0 Å². The topological polar surface area (TPSA) is 44.8 Å². The van der Waals surface area contributed by atoms with Crippen LogP contribution in [0.3, 0.4) is 0 Å². The first-order chi connectivity index (χ1) is 14.6. The number of nitrogens with one attached hydrogen (secondary N) is 1. The molecule has 0 radical (unpaired) electrons. The molecule has 1 N–H and O–H groups in total. The van der Waals surface area contributed by atoms with Gasteiger partial charge in [0.25, 0.3) is 0 Å². The van der Waals surface area contributed by atoms with Gasteiger partial charge in [0.05, 0.1) is 16.9 Å². The normalized spacial score (nSPS) is 38.8. The molecule has 30 heavy (non-hydrogen) atoms. The van der Waals surface area contributed by atoms with Crippen LogP contribution in [0.4, 0.5) is 0 Å². The van der Waals surface area contributed by atoms with Crippen LogP contribution in [0.15, 0.2) is 0 Å². The summed E-state index contributed by atoms with van der Waals surface area (Å²) in [6.07, 6.45) is 11.2. The van der Waals surface area contributed by atoms with Crippen LogP contribution < -0.4 is 5.32 Å². The molecule has 172 valence electrons. The highest BCUT2D eigenvalue weighted by atomic mass is 35.5. The fourth-order valence-electron chi connectivity index (χ4n) is 5.94. The largest absolute Gasteiger partial charge is 0.378 e. The number of piperazine rings is 1. The van der Waals surface area contributed by atoms with Crippen molar-refractivity contribution in [2.75, 3.05) is 39.3 Å². The van der Waals surface area contributed by atoms with Gasteiger partial charge in [-0.3, -0.25) is 9.69 Å². The van der Waals surface area contributed by atoms with E-state index in [-0.39, 0.29) is 16.7 Å². The van der Waals surface area contributed by atoms with E-state index in [0.717, 1.165) is 71.4 Å². The summed E-state index contributed by atoms with van der Waals surface area (Å²) < 4.78 is 6.17. The number of nitrogens with zero attached hydrogens (tertiary/aromatic N) is 2. The van der Waals surface area contributed by atoms with Gasteiger partial charge in [0.2, 0.25) is 5.91 Å². The number of piperidine rings is 1. The lowest BCUT2D eigenvalue weighted by molar-refractivity contribution is -0.125. The van der Waals surface area contributed by atoms with E-state index in [1.807, 2.05) is 0 Å². The van der Waals surface area contributed by atoms with Gasteiger partial charge in [0, 0.05) is 51.3 Å². The average molecular weight is 460 g/mol. The van der Waals surface area contributed by atoms with E-state index < -0.39 is 0 Å². The number of halogens is 2. The lowest BCUT2D eigenvalue weighted by Gasteiger charge is -2.43. The van der Waals surface area contributed by atoms with E-state index in [4.69, 9.17) is 27.9 Å². The average Bonchev–Trinajstić information content (AvgIpc) is 2.76. The zero-order valence-corrected chi connectivity index (χ0v) is 19.8. The van der Waals surface area contributed by atoms with Crippen LogP contribution in [-0.2, 0) is 9.53 Å². The Bertz CT molecular complexity index is 559. The van der Waals surface area contributed by atoms with E-state index in [2.05, 4.69) is 15.1 Å². The molecule has 4 rings (SSSR count). The molecule has 2 aliphatic heterocycles. The van der Waals surface area contributed by atoms with E-state index in [9.17, 15) is 4.79 Å². The summed E-state index contributed by atoms with van der Waals surface area (Å²) in [6, 6.07) is 0.814. The first-order valence-electron chi connectivity index (χ1n) is 12.3. The fourth-order valence-corrected chi connectivity index (χ4v) is 6.67. The first kappa shape index (κ1) is 23.1. The number of hydrogen-bond donors (Lipinski definition) is 1. The molecule has 2 saturated heterocycles. The molecule has 0 aromatic carbocycles. The lowest BCUT2D eigenvalue weighted by Crippen LogP contribution is -2.55. The molecule has 4 fully saturated rings. The third kappa shape index (κ3) is 6.04. The maximum Gasteiger partial charge on any atom is 0.220 e. The molecular formula is C23H39Cl2N3O2. The number of rotatable bonds is 7. The third-order valence-corrected chi connectivity index (χ3v) is 9.04. The summed E-state index contributed by atoms with van der Waals surface area (Å²) in [5.74, 6) is 0.906. The number of alkyl halides is 2. The second-order valence-corrected chi connectivity index (χ2v) is 10.9. The van der Waals surface area contributed by atoms with Crippen molar-refractivity contribution < 1.29 is 9.53 Å². The van der Waals surface area contributed by atoms with Crippen molar-refractivity contribution in [1.29, 1.82) is 0 Å². The number of ether oxygens (including phenoxy) is 1. The number of hydrogen-bond acceptors (Lipinski definition) is 4. The van der Waals surface area contributed by atoms with Crippen LogP contribution in [0.2, 0.25) is 0 Å². The van der Waals surface area contributed by atoms with Crippen LogP contribution in [0.5, 0.6) is 0 Å². The molecule has 7 heteroatoms. The Hall–Kier alpha value is -0.0700. The van der Waals surface area contributed by atoms with Crippen molar-refractivity contribution in [2.24, 2.45) is 5.92 Å². The Morgan fingerprint density at radius 1 is 1.00 bits per heavy atom. The molecule has 2 aliphatic carbocycles. The maximum atomic E-state index is 11.6. The van der Waals surface area contributed by atoms with Crippen molar-refractivity contribution >= 4 is 29.1 Å². The SMILES string of the molecule is O=C1CCC2CCC(OCCCCN3CCN(C4CCCC(Cl)C4Cl)CC3)CC2N1. The number of amides is 1. The zero-order chi connectivity index (χ0) is 20.9. The predicted molar refractivity (Wildman–Crippen MR) is 122 cm³/mol. The highest BCUT2D eigenvalue weighted by Gasteiger charge is 2.36. The minimum absolute atomic E-state index is 0.0983. The van der Waals surface area contributed by atoms with Gasteiger partial charge >= 0.3 is 0 Å².